The molecule has 3 heterocycles. The summed E-state index contributed by atoms with van der Waals surface area (Å²) in [6.45, 7) is 1.27. The molecule has 2 aromatic rings. The molecule has 0 unspecified atom stereocenters. The van der Waals surface area contributed by atoms with Crippen molar-refractivity contribution >= 4 is 10.0 Å². The maximum absolute atomic E-state index is 11.8. The van der Waals surface area contributed by atoms with Gasteiger partial charge in [-0.15, -0.1) is 0 Å². The topological polar surface area (TPSA) is 77.3 Å². The van der Waals surface area contributed by atoms with Crippen molar-refractivity contribution in [2.75, 3.05) is 19.4 Å². The highest BCUT2D eigenvalue weighted by Gasteiger charge is 2.30. The first kappa shape index (κ1) is 15.0. The summed E-state index contributed by atoms with van der Waals surface area (Å²) < 4.78 is 32.7. The Morgan fingerprint density at radius 3 is 2.95 bits per heavy atom. The highest BCUT2D eigenvalue weighted by molar-refractivity contribution is 7.88. The van der Waals surface area contributed by atoms with Crippen molar-refractivity contribution < 1.29 is 13.2 Å². The van der Waals surface area contributed by atoms with Crippen molar-refractivity contribution in [2.45, 2.75) is 19.0 Å². The fourth-order valence-electron chi connectivity index (χ4n) is 2.56. The largest absolute Gasteiger partial charge is 0.492 e. The lowest BCUT2D eigenvalue weighted by Crippen LogP contribution is -2.41. The van der Waals surface area contributed by atoms with Crippen LogP contribution in [0.5, 0.6) is 5.75 Å². The summed E-state index contributed by atoms with van der Waals surface area (Å²) >= 11 is 0. The normalized spacial score (nSPS) is 18.9. The zero-order valence-corrected chi connectivity index (χ0v) is 13.1. The van der Waals surface area contributed by atoms with Crippen molar-refractivity contribution in [1.82, 2.24) is 19.1 Å². The Kier molecular flexibility index (Phi) is 4.12. The lowest BCUT2D eigenvalue weighted by atomic mass is 10.1. The Labute approximate surface area is 129 Å². The standard InChI is InChI=1S/C14H18N4O3S/c1-22(19,20)17-10-12-4-7-16-18(12)13(11-17)5-8-21-14-3-2-6-15-9-14/h2-4,6-7,9,13H,5,8,10-11H2,1H3/t13-/m0/s1. The lowest BCUT2D eigenvalue weighted by Gasteiger charge is -2.32. The molecule has 3 rings (SSSR count). The molecule has 8 heteroatoms. The van der Waals surface area contributed by atoms with Crippen LogP contribution in [0.3, 0.4) is 0 Å². The molecule has 0 aromatic carbocycles. The van der Waals surface area contributed by atoms with Gasteiger partial charge in [-0.05, 0) is 18.2 Å². The number of hydrogen-bond donors (Lipinski definition) is 0. The second-order valence-corrected chi connectivity index (χ2v) is 7.28. The lowest BCUT2D eigenvalue weighted by molar-refractivity contribution is 0.214. The van der Waals surface area contributed by atoms with Gasteiger partial charge >= 0.3 is 0 Å². The summed E-state index contributed by atoms with van der Waals surface area (Å²) in [7, 11) is -3.22. The molecular formula is C14H18N4O3S. The van der Waals surface area contributed by atoms with Crippen LogP contribution in [0, 0.1) is 0 Å². The summed E-state index contributed by atoms with van der Waals surface area (Å²) in [4.78, 5) is 3.99. The second kappa shape index (κ2) is 6.05. The Bertz CT molecular complexity index is 730. The molecule has 0 radical (unpaired) electrons. The summed E-state index contributed by atoms with van der Waals surface area (Å²) in [6, 6.07) is 5.49. The van der Waals surface area contributed by atoms with E-state index in [0.717, 1.165) is 5.69 Å². The molecule has 0 spiro atoms. The van der Waals surface area contributed by atoms with Gasteiger partial charge in [0.15, 0.2) is 0 Å². The number of rotatable bonds is 5. The van der Waals surface area contributed by atoms with Crippen LogP contribution in [-0.4, -0.2) is 46.9 Å². The van der Waals surface area contributed by atoms with E-state index in [-0.39, 0.29) is 6.04 Å². The van der Waals surface area contributed by atoms with Crippen molar-refractivity contribution in [3.63, 3.8) is 0 Å². The van der Waals surface area contributed by atoms with Crippen molar-refractivity contribution in [3.05, 3.63) is 42.5 Å². The third kappa shape index (κ3) is 3.28. The number of pyridine rings is 1. The molecule has 7 nitrogen and oxygen atoms in total. The monoisotopic (exact) mass is 322 g/mol. The molecule has 0 bridgehead atoms. The quantitative estimate of drug-likeness (QED) is 0.823. The molecule has 1 aliphatic heterocycles. The maximum Gasteiger partial charge on any atom is 0.211 e. The van der Waals surface area contributed by atoms with Gasteiger partial charge in [-0.2, -0.15) is 9.40 Å². The minimum atomic E-state index is -3.22. The Hall–Kier alpha value is -1.93. The summed E-state index contributed by atoms with van der Waals surface area (Å²) in [5.41, 5.74) is 0.906. The van der Waals surface area contributed by atoms with E-state index in [1.54, 1.807) is 18.6 Å². The maximum atomic E-state index is 11.8. The second-order valence-electron chi connectivity index (χ2n) is 5.30. The van der Waals surface area contributed by atoms with Gasteiger partial charge in [0.2, 0.25) is 10.0 Å². The van der Waals surface area contributed by atoms with Gasteiger partial charge in [-0.1, -0.05) is 0 Å². The fraction of sp³-hybridized carbons (Fsp3) is 0.429. The van der Waals surface area contributed by atoms with E-state index in [1.165, 1.54) is 10.6 Å². The van der Waals surface area contributed by atoms with Crippen LogP contribution in [0.2, 0.25) is 0 Å². The third-order valence-electron chi connectivity index (χ3n) is 3.67. The highest BCUT2D eigenvalue weighted by atomic mass is 32.2. The molecule has 118 valence electrons. The van der Waals surface area contributed by atoms with Crippen LogP contribution in [-0.2, 0) is 16.6 Å². The number of fused-ring (bicyclic) bond motifs is 1. The van der Waals surface area contributed by atoms with E-state index >= 15 is 0 Å². The number of nitrogens with zero attached hydrogens (tertiary/aromatic N) is 4. The molecule has 0 aliphatic carbocycles. The molecule has 0 amide bonds. The SMILES string of the molecule is CS(=O)(=O)N1Cc2ccnn2[C@@H](CCOc2cccnc2)C1. The van der Waals surface area contributed by atoms with Crippen LogP contribution in [0.25, 0.3) is 0 Å². The van der Waals surface area contributed by atoms with Crippen LogP contribution in [0.15, 0.2) is 36.8 Å². The predicted octanol–water partition coefficient (Wildman–Crippen LogP) is 1.06. The Morgan fingerprint density at radius 2 is 2.23 bits per heavy atom. The first-order valence-electron chi connectivity index (χ1n) is 7.04. The summed E-state index contributed by atoms with van der Waals surface area (Å²) in [6.07, 6.45) is 6.96. The van der Waals surface area contributed by atoms with Crippen LogP contribution in [0.4, 0.5) is 0 Å². The van der Waals surface area contributed by atoms with Gasteiger partial charge in [-0.25, -0.2) is 8.42 Å². The van der Waals surface area contributed by atoms with Gasteiger partial charge in [0.1, 0.15) is 5.75 Å². The smallest absolute Gasteiger partial charge is 0.211 e. The first-order valence-corrected chi connectivity index (χ1v) is 8.89. The van der Waals surface area contributed by atoms with Gasteiger partial charge in [-0.3, -0.25) is 9.67 Å². The predicted molar refractivity (Wildman–Crippen MR) is 80.9 cm³/mol. The molecule has 1 aliphatic rings. The van der Waals surface area contributed by atoms with Gasteiger partial charge < -0.3 is 4.74 Å². The van der Waals surface area contributed by atoms with E-state index in [4.69, 9.17) is 4.74 Å². The third-order valence-corrected chi connectivity index (χ3v) is 4.89. The minimum absolute atomic E-state index is 0.0230. The Balaban J connectivity index is 1.67. The van der Waals surface area contributed by atoms with Crippen LogP contribution in [0.1, 0.15) is 18.2 Å². The van der Waals surface area contributed by atoms with Crippen molar-refractivity contribution in [2.24, 2.45) is 0 Å². The zero-order chi connectivity index (χ0) is 15.6. The number of hydrogen-bond acceptors (Lipinski definition) is 5. The van der Waals surface area contributed by atoms with Crippen LogP contribution < -0.4 is 4.74 Å². The minimum Gasteiger partial charge on any atom is -0.492 e. The molecule has 0 fully saturated rings. The molecule has 22 heavy (non-hydrogen) atoms. The zero-order valence-electron chi connectivity index (χ0n) is 12.3. The van der Waals surface area contributed by atoms with Gasteiger partial charge in [0, 0.05) is 25.4 Å². The molecular weight excluding hydrogens is 304 g/mol. The summed E-state index contributed by atoms with van der Waals surface area (Å²) in [5, 5.41) is 4.31. The van der Waals surface area contributed by atoms with Gasteiger partial charge in [0.25, 0.3) is 0 Å². The molecule has 2 aromatic heterocycles. The number of aromatic nitrogens is 3. The average molecular weight is 322 g/mol. The van der Waals surface area contributed by atoms with E-state index in [9.17, 15) is 8.42 Å². The fourth-order valence-corrected chi connectivity index (χ4v) is 3.37. The number of sulfonamides is 1. The Morgan fingerprint density at radius 1 is 1.36 bits per heavy atom. The van der Waals surface area contributed by atoms with Crippen LogP contribution >= 0.6 is 0 Å². The van der Waals surface area contributed by atoms with E-state index < -0.39 is 10.0 Å². The molecule has 1 atom stereocenters. The number of ether oxygens (including phenoxy) is 1. The van der Waals surface area contributed by atoms with Crippen molar-refractivity contribution in [1.29, 1.82) is 0 Å². The molecule has 0 N–H and O–H groups in total. The van der Waals surface area contributed by atoms with E-state index in [2.05, 4.69) is 10.1 Å². The van der Waals surface area contributed by atoms with E-state index in [1.807, 2.05) is 22.9 Å². The first-order chi connectivity index (χ1) is 10.5. The average Bonchev–Trinajstić information content (AvgIpc) is 2.96. The van der Waals surface area contributed by atoms with E-state index in [0.29, 0.717) is 31.9 Å². The molecule has 0 saturated heterocycles. The molecule has 0 saturated carbocycles. The van der Waals surface area contributed by atoms with Gasteiger partial charge in [0.05, 0.1) is 37.3 Å². The van der Waals surface area contributed by atoms with Crippen molar-refractivity contribution in [3.8, 4) is 5.75 Å². The highest BCUT2D eigenvalue weighted by Crippen LogP contribution is 2.24. The summed E-state index contributed by atoms with van der Waals surface area (Å²) in [5.74, 6) is 0.707.